The van der Waals surface area contributed by atoms with Crippen LogP contribution < -0.4 is 11.1 Å². The molecule has 2 atom stereocenters. The van der Waals surface area contributed by atoms with Crippen LogP contribution >= 0.6 is 0 Å². The van der Waals surface area contributed by atoms with Gasteiger partial charge in [-0.2, -0.15) is 0 Å². The molecular formula is C14H28N2O3Si2. The van der Waals surface area contributed by atoms with Crippen molar-refractivity contribution < 1.29 is 13.3 Å². The standard InChI is InChI=1S/C14H28N2O3Si2/c1-17-21(18-2,19-3)11-13(15)10-20(4)12-16-14-8-6-5-7-9-14/h5-9,13,16,20H,10-12,15H2,1-4H3. The Bertz CT molecular complexity index is 383. The fourth-order valence-corrected chi connectivity index (χ4v) is 6.45. The van der Waals surface area contributed by atoms with Crippen LogP contribution in [0.5, 0.6) is 0 Å². The van der Waals surface area contributed by atoms with Crippen LogP contribution in [0.1, 0.15) is 0 Å². The van der Waals surface area contributed by atoms with Gasteiger partial charge in [0.25, 0.3) is 0 Å². The van der Waals surface area contributed by atoms with Gasteiger partial charge in [-0.25, -0.2) is 0 Å². The molecule has 0 aromatic heterocycles. The number of para-hydroxylation sites is 1. The summed E-state index contributed by atoms with van der Waals surface area (Å²) in [5, 5.41) is 3.48. The molecule has 5 nitrogen and oxygen atoms in total. The third kappa shape index (κ3) is 6.29. The van der Waals surface area contributed by atoms with Crippen molar-refractivity contribution in [2.45, 2.75) is 24.7 Å². The van der Waals surface area contributed by atoms with E-state index in [4.69, 9.17) is 19.0 Å². The quantitative estimate of drug-likeness (QED) is 0.640. The first-order valence-corrected chi connectivity index (χ1v) is 12.0. The second kappa shape index (κ2) is 9.34. The van der Waals surface area contributed by atoms with E-state index >= 15 is 0 Å². The highest BCUT2D eigenvalue weighted by Crippen LogP contribution is 2.17. The zero-order valence-corrected chi connectivity index (χ0v) is 15.6. The van der Waals surface area contributed by atoms with E-state index in [1.54, 1.807) is 21.3 Å². The fourth-order valence-electron chi connectivity index (χ4n) is 2.35. The first kappa shape index (κ1) is 18.3. The van der Waals surface area contributed by atoms with Crippen LogP contribution in [0.4, 0.5) is 5.69 Å². The number of hydrogen-bond acceptors (Lipinski definition) is 5. The largest absolute Gasteiger partial charge is 0.501 e. The van der Waals surface area contributed by atoms with Crippen molar-refractivity contribution in [2.75, 3.05) is 32.8 Å². The summed E-state index contributed by atoms with van der Waals surface area (Å²) in [6, 6.07) is 12.0. The van der Waals surface area contributed by atoms with Gasteiger partial charge in [0.2, 0.25) is 0 Å². The summed E-state index contributed by atoms with van der Waals surface area (Å²) >= 11 is 0. The minimum Gasteiger partial charge on any atom is -0.388 e. The van der Waals surface area contributed by atoms with E-state index in [-0.39, 0.29) is 6.04 Å². The number of nitrogens with one attached hydrogen (secondary N) is 1. The normalized spacial score (nSPS) is 14.7. The maximum absolute atomic E-state index is 6.26. The second-order valence-electron chi connectivity index (χ2n) is 5.35. The average molecular weight is 329 g/mol. The molecule has 0 heterocycles. The average Bonchev–Trinajstić information content (AvgIpc) is 2.52. The summed E-state index contributed by atoms with van der Waals surface area (Å²) in [6.07, 6.45) is 1.03. The Kier molecular flexibility index (Phi) is 8.16. The first-order chi connectivity index (χ1) is 10.0. The molecule has 2 unspecified atom stereocenters. The maximum Gasteiger partial charge on any atom is 0.501 e. The van der Waals surface area contributed by atoms with Crippen molar-refractivity contribution in [2.24, 2.45) is 5.73 Å². The summed E-state index contributed by atoms with van der Waals surface area (Å²) in [5.41, 5.74) is 7.42. The lowest BCUT2D eigenvalue weighted by Crippen LogP contribution is -2.48. The van der Waals surface area contributed by atoms with Gasteiger partial charge in [-0.1, -0.05) is 24.7 Å². The molecular weight excluding hydrogens is 300 g/mol. The van der Waals surface area contributed by atoms with Crippen molar-refractivity contribution in [3.63, 3.8) is 0 Å². The molecule has 21 heavy (non-hydrogen) atoms. The Morgan fingerprint density at radius 1 is 1.14 bits per heavy atom. The van der Waals surface area contributed by atoms with Gasteiger partial charge in [0.05, 0.1) is 8.80 Å². The predicted molar refractivity (Wildman–Crippen MR) is 92.3 cm³/mol. The number of benzene rings is 1. The SMILES string of the molecule is CO[Si](CC(N)C[SiH](C)CNc1ccccc1)(OC)OC. The highest BCUT2D eigenvalue weighted by atomic mass is 28.4. The van der Waals surface area contributed by atoms with Gasteiger partial charge >= 0.3 is 8.80 Å². The highest BCUT2D eigenvalue weighted by molar-refractivity contribution is 6.61. The molecule has 1 aromatic rings. The molecule has 0 saturated carbocycles. The molecule has 0 bridgehead atoms. The topological polar surface area (TPSA) is 65.7 Å². The number of rotatable bonds is 10. The van der Waals surface area contributed by atoms with E-state index in [9.17, 15) is 0 Å². The summed E-state index contributed by atoms with van der Waals surface area (Å²) < 4.78 is 16.3. The van der Waals surface area contributed by atoms with E-state index in [2.05, 4.69) is 24.0 Å². The van der Waals surface area contributed by atoms with E-state index < -0.39 is 17.6 Å². The summed E-state index contributed by atoms with van der Waals surface area (Å²) in [6.45, 7) is 2.32. The lowest BCUT2D eigenvalue weighted by molar-refractivity contribution is 0.122. The van der Waals surface area contributed by atoms with Crippen molar-refractivity contribution in [3.05, 3.63) is 30.3 Å². The van der Waals surface area contributed by atoms with E-state index in [1.165, 1.54) is 5.69 Å². The molecule has 0 amide bonds. The van der Waals surface area contributed by atoms with Gasteiger partial charge in [-0.15, -0.1) is 0 Å². The van der Waals surface area contributed by atoms with Crippen molar-refractivity contribution in [1.29, 1.82) is 0 Å². The Morgan fingerprint density at radius 3 is 2.24 bits per heavy atom. The Labute approximate surface area is 130 Å². The van der Waals surface area contributed by atoms with Crippen molar-refractivity contribution >= 4 is 23.3 Å². The van der Waals surface area contributed by atoms with Crippen LogP contribution in [0, 0.1) is 0 Å². The zero-order valence-electron chi connectivity index (χ0n) is 13.5. The first-order valence-electron chi connectivity index (χ1n) is 7.25. The monoisotopic (exact) mass is 328 g/mol. The molecule has 0 aliphatic heterocycles. The van der Waals surface area contributed by atoms with Gasteiger partial charge in [0, 0.05) is 45.3 Å². The Balaban J connectivity index is 2.38. The van der Waals surface area contributed by atoms with E-state index in [0.717, 1.165) is 12.2 Å². The molecule has 7 heteroatoms. The maximum atomic E-state index is 6.26. The molecule has 0 saturated heterocycles. The summed E-state index contributed by atoms with van der Waals surface area (Å²) in [5.74, 6) is 0. The van der Waals surface area contributed by atoms with Crippen LogP contribution in [0.2, 0.25) is 18.6 Å². The van der Waals surface area contributed by atoms with Gasteiger partial charge in [0.1, 0.15) is 0 Å². The molecule has 1 rings (SSSR count). The van der Waals surface area contributed by atoms with Gasteiger partial charge < -0.3 is 24.3 Å². The molecule has 0 spiro atoms. The minimum atomic E-state index is -2.56. The molecule has 0 fully saturated rings. The smallest absolute Gasteiger partial charge is 0.388 e. The van der Waals surface area contributed by atoms with Gasteiger partial charge in [-0.05, 0) is 18.2 Å². The third-order valence-electron chi connectivity index (χ3n) is 3.58. The van der Waals surface area contributed by atoms with E-state index in [0.29, 0.717) is 6.04 Å². The van der Waals surface area contributed by atoms with Crippen LogP contribution in [-0.2, 0) is 13.3 Å². The lowest BCUT2D eigenvalue weighted by atomic mass is 10.3. The summed E-state index contributed by atoms with van der Waals surface area (Å²) in [4.78, 5) is 0. The lowest BCUT2D eigenvalue weighted by Gasteiger charge is -2.28. The van der Waals surface area contributed by atoms with Crippen molar-refractivity contribution in [3.8, 4) is 0 Å². The van der Waals surface area contributed by atoms with Crippen molar-refractivity contribution in [1.82, 2.24) is 0 Å². The van der Waals surface area contributed by atoms with Crippen LogP contribution in [-0.4, -0.2) is 51.1 Å². The minimum absolute atomic E-state index is 0.0655. The van der Waals surface area contributed by atoms with Gasteiger partial charge in [0.15, 0.2) is 0 Å². The number of nitrogens with two attached hydrogens (primary N) is 1. The number of anilines is 1. The van der Waals surface area contributed by atoms with Gasteiger partial charge in [-0.3, -0.25) is 0 Å². The van der Waals surface area contributed by atoms with Crippen LogP contribution in [0.3, 0.4) is 0 Å². The molecule has 0 radical (unpaired) electrons. The molecule has 0 aliphatic rings. The predicted octanol–water partition coefficient (Wildman–Crippen LogP) is 1.70. The summed E-state index contributed by atoms with van der Waals surface area (Å²) in [7, 11) is 1.40. The third-order valence-corrected chi connectivity index (χ3v) is 8.78. The Hall–Kier alpha value is -0.706. The molecule has 1 aromatic carbocycles. The second-order valence-corrected chi connectivity index (χ2v) is 11.4. The molecule has 120 valence electrons. The van der Waals surface area contributed by atoms with Crippen LogP contribution in [0.25, 0.3) is 0 Å². The van der Waals surface area contributed by atoms with E-state index in [1.807, 2.05) is 18.2 Å². The number of hydrogen-bond donors (Lipinski definition) is 2. The highest BCUT2D eigenvalue weighted by Gasteiger charge is 2.39. The molecule has 0 aliphatic carbocycles. The van der Waals surface area contributed by atoms with Crippen LogP contribution in [0.15, 0.2) is 30.3 Å². The molecule has 3 N–H and O–H groups in total. The fraction of sp³-hybridized carbons (Fsp3) is 0.571. The zero-order chi connectivity index (χ0) is 15.7. The Morgan fingerprint density at radius 2 is 1.71 bits per heavy atom.